The van der Waals surface area contributed by atoms with Gasteiger partial charge in [-0.05, 0) is 18.1 Å². The van der Waals surface area contributed by atoms with Crippen LogP contribution in [0.5, 0.6) is 11.5 Å². The van der Waals surface area contributed by atoms with Gasteiger partial charge >= 0.3 is 6.09 Å². The van der Waals surface area contributed by atoms with E-state index in [0.29, 0.717) is 18.5 Å². The molecule has 0 fully saturated rings. The summed E-state index contributed by atoms with van der Waals surface area (Å²) in [5.41, 5.74) is 1.47. The maximum absolute atomic E-state index is 12.1. The van der Waals surface area contributed by atoms with E-state index in [2.05, 4.69) is 17.0 Å². The lowest BCUT2D eigenvalue weighted by atomic mass is 10.0. The van der Waals surface area contributed by atoms with Crippen LogP contribution in [0.2, 0.25) is 0 Å². The van der Waals surface area contributed by atoms with E-state index < -0.39 is 16.1 Å². The minimum absolute atomic E-state index is 0.000481. The van der Waals surface area contributed by atoms with Crippen LogP contribution >= 0.6 is 0 Å². The molecule has 0 spiro atoms. The Kier molecular flexibility index (Phi) is 7.69. The quantitative estimate of drug-likeness (QED) is 0.552. The zero-order valence-electron chi connectivity index (χ0n) is 16.1. The van der Waals surface area contributed by atoms with E-state index in [9.17, 15) is 18.3 Å². The summed E-state index contributed by atoms with van der Waals surface area (Å²) in [7, 11) is -3.62. The van der Waals surface area contributed by atoms with Crippen molar-refractivity contribution < 1.29 is 23.1 Å². The summed E-state index contributed by atoms with van der Waals surface area (Å²) in [5, 5.41) is 13.0. The average Bonchev–Trinajstić information content (AvgIpc) is 2.62. The van der Waals surface area contributed by atoms with Gasteiger partial charge in [0, 0.05) is 24.6 Å². The first-order valence-electron chi connectivity index (χ1n) is 9.11. The van der Waals surface area contributed by atoms with Gasteiger partial charge < -0.3 is 15.2 Å². The van der Waals surface area contributed by atoms with Gasteiger partial charge in [-0.1, -0.05) is 50.1 Å². The highest BCUT2D eigenvalue weighted by molar-refractivity contribution is 7.92. The largest absolute Gasteiger partial charge is 0.508 e. The average molecular weight is 407 g/mol. The minimum atomic E-state index is -3.62. The summed E-state index contributed by atoms with van der Waals surface area (Å²) in [6.07, 6.45) is 3.55. The summed E-state index contributed by atoms with van der Waals surface area (Å²) >= 11 is 0. The predicted octanol–water partition coefficient (Wildman–Crippen LogP) is 3.63. The highest BCUT2D eigenvalue weighted by Crippen LogP contribution is 2.34. The van der Waals surface area contributed by atoms with E-state index in [1.165, 1.54) is 12.1 Å². The van der Waals surface area contributed by atoms with Crippen molar-refractivity contribution in [3.63, 3.8) is 0 Å². The van der Waals surface area contributed by atoms with Gasteiger partial charge in [0.25, 0.3) is 0 Å². The summed E-state index contributed by atoms with van der Waals surface area (Å²) in [6, 6.07) is 12.2. The van der Waals surface area contributed by atoms with E-state index >= 15 is 0 Å². The fraction of sp³-hybridized carbons (Fsp3) is 0.350. The highest BCUT2D eigenvalue weighted by Gasteiger charge is 2.17. The highest BCUT2D eigenvalue weighted by atomic mass is 32.2. The van der Waals surface area contributed by atoms with E-state index in [0.717, 1.165) is 31.1 Å². The molecule has 152 valence electrons. The maximum Gasteiger partial charge on any atom is 0.412 e. The topological polar surface area (TPSA) is 105 Å². The Labute approximate surface area is 165 Å². The van der Waals surface area contributed by atoms with Crippen LogP contribution in [-0.2, 0) is 16.4 Å². The molecular weight excluding hydrogens is 380 g/mol. The number of anilines is 1. The van der Waals surface area contributed by atoms with Crippen LogP contribution in [0.25, 0.3) is 0 Å². The molecular formula is C20H26N2O5S. The van der Waals surface area contributed by atoms with Crippen molar-refractivity contribution in [3.8, 4) is 11.5 Å². The molecule has 0 unspecified atom stereocenters. The third-order valence-corrected chi connectivity index (χ3v) is 4.56. The first kappa shape index (κ1) is 21.6. The first-order chi connectivity index (χ1) is 13.3. The maximum atomic E-state index is 12.1. The molecule has 0 heterocycles. The molecule has 0 saturated carbocycles. The smallest absolute Gasteiger partial charge is 0.412 e. The Bertz CT molecular complexity index is 898. The van der Waals surface area contributed by atoms with Crippen molar-refractivity contribution in [1.29, 1.82) is 0 Å². The van der Waals surface area contributed by atoms with Gasteiger partial charge in [-0.2, -0.15) is 0 Å². The van der Waals surface area contributed by atoms with Gasteiger partial charge in [0.05, 0.1) is 11.9 Å². The first-order valence-corrected chi connectivity index (χ1v) is 11.0. The SMILES string of the molecule is CCCCCNC(=O)Oc1cc(Cc2ccccc2)c(O)cc1NS(C)(=O)=O. The number of amides is 1. The predicted molar refractivity (Wildman–Crippen MR) is 109 cm³/mol. The van der Waals surface area contributed by atoms with Crippen molar-refractivity contribution >= 4 is 21.8 Å². The summed E-state index contributed by atoms with van der Waals surface area (Å²) in [4.78, 5) is 12.1. The Hall–Kier alpha value is -2.74. The molecule has 0 aliphatic heterocycles. The van der Waals surface area contributed by atoms with E-state index in [1.807, 2.05) is 30.3 Å². The molecule has 2 rings (SSSR count). The summed E-state index contributed by atoms with van der Waals surface area (Å²) < 4.78 is 30.8. The molecule has 2 aromatic rings. The monoisotopic (exact) mass is 406 g/mol. The lowest BCUT2D eigenvalue weighted by Crippen LogP contribution is -2.28. The van der Waals surface area contributed by atoms with Gasteiger partial charge in [-0.15, -0.1) is 0 Å². The van der Waals surface area contributed by atoms with E-state index in [1.54, 1.807) is 0 Å². The fourth-order valence-electron chi connectivity index (χ4n) is 2.63. The number of aromatic hydroxyl groups is 1. The molecule has 0 bridgehead atoms. The van der Waals surface area contributed by atoms with Crippen LogP contribution in [-0.4, -0.2) is 32.4 Å². The third kappa shape index (κ3) is 7.11. The Morgan fingerprint density at radius 3 is 2.50 bits per heavy atom. The van der Waals surface area contributed by atoms with Gasteiger partial charge in [-0.25, -0.2) is 13.2 Å². The molecule has 7 nitrogen and oxygen atoms in total. The number of phenols is 1. The van der Waals surface area contributed by atoms with Gasteiger partial charge in [0.15, 0.2) is 5.75 Å². The Balaban J connectivity index is 2.25. The molecule has 2 aromatic carbocycles. The molecule has 0 atom stereocenters. The second kappa shape index (κ2) is 9.98. The number of phenolic OH excluding ortho intramolecular Hbond substituents is 1. The van der Waals surface area contributed by atoms with Crippen LogP contribution < -0.4 is 14.8 Å². The second-order valence-electron chi connectivity index (χ2n) is 6.54. The molecule has 0 aliphatic rings. The molecule has 0 aliphatic carbocycles. The number of hydrogen-bond acceptors (Lipinski definition) is 5. The lowest BCUT2D eigenvalue weighted by Gasteiger charge is -2.15. The lowest BCUT2D eigenvalue weighted by molar-refractivity contribution is 0.200. The van der Waals surface area contributed by atoms with Crippen LogP contribution in [0.3, 0.4) is 0 Å². The van der Waals surface area contributed by atoms with Crippen molar-refractivity contribution in [1.82, 2.24) is 5.32 Å². The van der Waals surface area contributed by atoms with Crippen LogP contribution in [0.1, 0.15) is 37.3 Å². The Morgan fingerprint density at radius 2 is 1.86 bits per heavy atom. The van der Waals surface area contributed by atoms with Gasteiger partial charge in [-0.3, -0.25) is 4.72 Å². The van der Waals surface area contributed by atoms with Crippen molar-refractivity contribution in [2.24, 2.45) is 0 Å². The van der Waals surface area contributed by atoms with Crippen LogP contribution in [0.15, 0.2) is 42.5 Å². The minimum Gasteiger partial charge on any atom is -0.508 e. The number of hydrogen-bond donors (Lipinski definition) is 3. The number of carbonyl (C=O) groups excluding carboxylic acids is 1. The number of unbranched alkanes of at least 4 members (excludes halogenated alkanes) is 2. The molecule has 3 N–H and O–H groups in total. The number of ether oxygens (including phenoxy) is 1. The number of rotatable bonds is 9. The molecule has 28 heavy (non-hydrogen) atoms. The zero-order valence-corrected chi connectivity index (χ0v) is 16.9. The number of sulfonamides is 1. The van der Waals surface area contributed by atoms with Crippen LogP contribution in [0, 0.1) is 0 Å². The Morgan fingerprint density at radius 1 is 1.14 bits per heavy atom. The fourth-order valence-corrected chi connectivity index (χ4v) is 3.19. The van der Waals surface area contributed by atoms with Crippen molar-refractivity contribution in [2.75, 3.05) is 17.5 Å². The zero-order chi connectivity index (χ0) is 20.6. The van der Waals surface area contributed by atoms with Gasteiger partial charge in [0.1, 0.15) is 5.75 Å². The third-order valence-electron chi connectivity index (χ3n) is 3.97. The summed E-state index contributed by atoms with van der Waals surface area (Å²) in [6.45, 7) is 2.53. The molecule has 0 aromatic heterocycles. The van der Waals surface area contributed by atoms with Crippen molar-refractivity contribution in [3.05, 3.63) is 53.6 Å². The molecule has 0 saturated heterocycles. The molecule has 0 radical (unpaired) electrons. The number of carbonyl (C=O) groups is 1. The second-order valence-corrected chi connectivity index (χ2v) is 8.29. The summed E-state index contributed by atoms with van der Waals surface area (Å²) in [5.74, 6) is -0.0622. The van der Waals surface area contributed by atoms with E-state index in [4.69, 9.17) is 4.74 Å². The molecule has 8 heteroatoms. The normalized spacial score (nSPS) is 11.1. The molecule has 1 amide bonds. The number of benzene rings is 2. The van der Waals surface area contributed by atoms with Gasteiger partial charge in [0.2, 0.25) is 10.0 Å². The standard InChI is InChI=1S/C20H26N2O5S/c1-3-4-8-11-21-20(24)27-19-13-16(12-15-9-6-5-7-10-15)18(23)14-17(19)22-28(2,25)26/h5-7,9-10,13-14,22-23H,3-4,8,11-12H2,1-2H3,(H,21,24). The number of nitrogens with one attached hydrogen (secondary N) is 2. The van der Waals surface area contributed by atoms with Crippen LogP contribution in [0.4, 0.5) is 10.5 Å². The van der Waals surface area contributed by atoms with E-state index in [-0.39, 0.29) is 17.2 Å². The van der Waals surface area contributed by atoms with Crippen molar-refractivity contribution in [2.45, 2.75) is 32.6 Å².